The molecule has 11 rings (SSSR count). The van der Waals surface area contributed by atoms with Crippen LogP contribution in [0.1, 0.15) is 45.1 Å². The highest BCUT2D eigenvalue weighted by Crippen LogP contribution is 2.62. The first-order valence-electron chi connectivity index (χ1n) is 22.9. The number of aliphatic hydroxyl groups excluding tert-OH is 5. The van der Waals surface area contributed by atoms with Gasteiger partial charge in [-0.3, -0.25) is 19.4 Å². The minimum Gasteiger partial charge on any atom is -0.423 e. The van der Waals surface area contributed by atoms with E-state index >= 15 is 0 Å². The summed E-state index contributed by atoms with van der Waals surface area (Å²) in [6.45, 7) is 8.87. The Morgan fingerprint density at radius 2 is 1.72 bits per heavy atom. The Kier molecular flexibility index (Phi) is 11.7. The summed E-state index contributed by atoms with van der Waals surface area (Å²) in [6, 6.07) is 7.17. The number of benzene rings is 1. The molecule has 8 unspecified atom stereocenters. The fourth-order valence-electron chi connectivity index (χ4n) is 12.6. The molecular weight excluding hydrogens is 839 g/mol. The van der Waals surface area contributed by atoms with E-state index in [0.29, 0.717) is 60.6 Å². The second kappa shape index (κ2) is 17.2. The van der Waals surface area contributed by atoms with Crippen molar-refractivity contribution in [2.24, 2.45) is 45.4 Å². The van der Waals surface area contributed by atoms with E-state index in [0.717, 1.165) is 44.1 Å². The lowest BCUT2D eigenvalue weighted by molar-refractivity contribution is -0.329. The number of nitrogens with one attached hydrogen (secondary N) is 2. The molecule has 1 aromatic carbocycles. The highest BCUT2D eigenvalue weighted by molar-refractivity contribution is 6.03. The second-order valence-corrected chi connectivity index (χ2v) is 20.0. The van der Waals surface area contributed by atoms with Gasteiger partial charge in [0.25, 0.3) is 0 Å². The first-order chi connectivity index (χ1) is 31.2. The average molecular weight is 898 g/mol. The highest BCUT2D eigenvalue weighted by atomic mass is 16.7. The van der Waals surface area contributed by atoms with Crippen LogP contribution >= 0.6 is 0 Å². The van der Waals surface area contributed by atoms with Crippen molar-refractivity contribution in [2.45, 2.75) is 88.9 Å². The first-order valence-corrected chi connectivity index (χ1v) is 22.9. The molecule has 5 saturated heterocycles. The molecular formula is C47H59N7O11. The number of aliphatic hydroxyl groups is 5. The van der Waals surface area contributed by atoms with Crippen molar-refractivity contribution in [3.63, 3.8) is 0 Å². The van der Waals surface area contributed by atoms with Crippen LogP contribution in [-0.4, -0.2) is 157 Å². The monoisotopic (exact) mass is 897 g/mol. The molecule has 18 nitrogen and oxygen atoms in total. The fourth-order valence-corrected chi connectivity index (χ4v) is 12.6. The van der Waals surface area contributed by atoms with E-state index in [9.17, 15) is 39.9 Å². The number of nitrogens with zero attached hydrogens (tertiary/aromatic N) is 5. The molecule has 2 amide bonds. The third kappa shape index (κ3) is 8.09. The molecule has 1 aromatic heterocycles. The van der Waals surface area contributed by atoms with Gasteiger partial charge in [-0.2, -0.15) is 0 Å². The number of fused-ring (bicyclic) bond motifs is 3. The molecule has 65 heavy (non-hydrogen) atoms. The van der Waals surface area contributed by atoms with Crippen LogP contribution in [0.4, 0.5) is 11.6 Å². The molecule has 9 aliphatic rings. The number of amides is 2. The number of ether oxygens (including phenoxy) is 3. The van der Waals surface area contributed by atoms with Crippen molar-refractivity contribution in [3.8, 4) is 0 Å². The molecule has 2 saturated carbocycles. The summed E-state index contributed by atoms with van der Waals surface area (Å²) in [4.78, 5) is 53.4. The summed E-state index contributed by atoms with van der Waals surface area (Å²) >= 11 is 0. The molecule has 0 radical (unpaired) electrons. The molecule has 2 aromatic rings. The molecule has 2 aliphatic carbocycles. The number of piperidine rings is 2. The number of hydrogen-bond acceptors (Lipinski definition) is 15. The van der Waals surface area contributed by atoms with Crippen LogP contribution in [0.2, 0.25) is 0 Å². The van der Waals surface area contributed by atoms with Gasteiger partial charge in [-0.25, -0.2) is 14.8 Å². The van der Waals surface area contributed by atoms with Crippen molar-refractivity contribution >= 4 is 41.2 Å². The number of hydrogen-bond donors (Lipinski definition) is 7. The minimum atomic E-state index is -1.60. The average Bonchev–Trinajstić information content (AvgIpc) is 3.89. The van der Waals surface area contributed by atoms with E-state index in [1.807, 2.05) is 23.8 Å². The standard InChI is InChI=1S/C47H59N7O11/c1-46-10-9-36(65-44-42(61)41(60)40(59)34(22-55)64-44)47(2,23-56)35(46)15-33-31(21-54-12-11-48-45(54)50-33)32(46)8-5-26-14-30(63-43(26)62)13-25-3-6-29(7-4-25)49-37(57)16-38(58)51-39-27-17-52-19-28(39)20-53(18-27)24-52/h3-8,11-14,27-28,31-32,34-36,39-42,44,55-56,59-61H,9-10,15-24H2,1-2H3,(H,49,57)(H,51,58)/b8-5+,30-13+/t27?,28?,31?,32?,34?,35?,36-,39?,40?,41?,42?,44?,46-,47+/m1/s1. The van der Waals surface area contributed by atoms with Gasteiger partial charge < -0.3 is 54.9 Å². The number of aliphatic imine (C=N–C) groups is 1. The first kappa shape index (κ1) is 44.2. The Balaban J connectivity index is 0.826. The molecule has 0 spiro atoms. The van der Waals surface area contributed by atoms with Crippen molar-refractivity contribution in [1.82, 2.24) is 24.7 Å². The summed E-state index contributed by atoms with van der Waals surface area (Å²) in [5, 5.41) is 58.7. The predicted molar refractivity (Wildman–Crippen MR) is 233 cm³/mol. The largest absolute Gasteiger partial charge is 0.423 e. The SMILES string of the molecule is C[C@]12CC[C@@H](OC3OC(CO)C(O)C(O)C3O)[C@@](C)(CO)C1CC1=Nc3nccn3CC1C2/C=C/C1=CC(=C\c2ccc(NC(=O)CC(=O)NC3C4CN5CC3CN(C4)C5)cc2)/OC1=O. The van der Waals surface area contributed by atoms with Gasteiger partial charge in [-0.15, -0.1) is 0 Å². The van der Waals surface area contributed by atoms with Crippen LogP contribution in [-0.2, 0) is 35.1 Å². The number of imidazole rings is 1. The summed E-state index contributed by atoms with van der Waals surface area (Å²) < 4.78 is 19.9. The Morgan fingerprint density at radius 1 is 0.985 bits per heavy atom. The van der Waals surface area contributed by atoms with E-state index in [1.165, 1.54) is 0 Å². The minimum absolute atomic E-state index is 0.0414. The molecule has 4 bridgehead atoms. The van der Waals surface area contributed by atoms with Crippen LogP contribution in [0.5, 0.6) is 0 Å². The van der Waals surface area contributed by atoms with Crippen molar-refractivity contribution in [1.29, 1.82) is 0 Å². The molecule has 7 aliphatic heterocycles. The van der Waals surface area contributed by atoms with Gasteiger partial charge in [-0.1, -0.05) is 38.1 Å². The molecule has 7 N–H and O–H groups in total. The maximum atomic E-state index is 13.3. The number of anilines is 1. The van der Waals surface area contributed by atoms with Crippen LogP contribution < -0.4 is 10.6 Å². The number of esters is 1. The molecule has 8 heterocycles. The van der Waals surface area contributed by atoms with E-state index in [2.05, 4.69) is 38.4 Å². The maximum absolute atomic E-state index is 13.3. The fraction of sp³-hybridized carbons (Fsp3) is 0.596. The molecule has 18 heteroatoms. The van der Waals surface area contributed by atoms with E-state index in [-0.39, 0.29) is 48.6 Å². The number of cyclic esters (lactones) is 1. The summed E-state index contributed by atoms with van der Waals surface area (Å²) in [6.07, 6.45) is 4.50. The summed E-state index contributed by atoms with van der Waals surface area (Å²) in [5.41, 5.74) is 1.26. The van der Waals surface area contributed by atoms with Gasteiger partial charge >= 0.3 is 5.97 Å². The lowest BCUT2D eigenvalue weighted by atomic mass is 9.45. The molecule has 11 atom stereocenters. The number of aromatic nitrogens is 2. The molecule has 7 fully saturated rings. The van der Waals surface area contributed by atoms with E-state index in [4.69, 9.17) is 19.2 Å². The van der Waals surface area contributed by atoms with Crippen molar-refractivity contribution in [2.75, 3.05) is 51.4 Å². The Labute approximate surface area is 376 Å². The lowest BCUT2D eigenvalue weighted by Gasteiger charge is -2.62. The lowest BCUT2D eigenvalue weighted by Crippen LogP contribution is -2.71. The van der Waals surface area contributed by atoms with Crippen LogP contribution in [0, 0.1) is 40.4 Å². The van der Waals surface area contributed by atoms with Gasteiger partial charge in [0.1, 0.15) is 36.6 Å². The number of rotatable bonds is 11. The second-order valence-electron chi connectivity index (χ2n) is 20.0. The Bertz CT molecular complexity index is 2280. The topological polar surface area (TPSA) is 241 Å². The third-order valence-corrected chi connectivity index (χ3v) is 15.9. The van der Waals surface area contributed by atoms with Gasteiger partial charge in [0.05, 0.1) is 31.6 Å². The maximum Gasteiger partial charge on any atom is 0.343 e. The van der Waals surface area contributed by atoms with Crippen molar-refractivity contribution < 1.29 is 54.1 Å². The van der Waals surface area contributed by atoms with E-state index in [1.54, 1.807) is 42.6 Å². The zero-order chi connectivity index (χ0) is 45.4. The van der Waals surface area contributed by atoms with Crippen molar-refractivity contribution in [3.05, 3.63) is 71.8 Å². The smallest absolute Gasteiger partial charge is 0.343 e. The van der Waals surface area contributed by atoms with Gasteiger partial charge in [-0.05, 0) is 66.4 Å². The van der Waals surface area contributed by atoms with Gasteiger partial charge in [0, 0.05) is 85.7 Å². The number of carbonyl (C=O) groups excluding carboxylic acids is 3. The third-order valence-electron chi connectivity index (χ3n) is 15.9. The Hall–Kier alpha value is -4.63. The Morgan fingerprint density at radius 3 is 2.43 bits per heavy atom. The zero-order valence-electron chi connectivity index (χ0n) is 36.6. The van der Waals surface area contributed by atoms with Crippen LogP contribution in [0.25, 0.3) is 6.08 Å². The summed E-state index contributed by atoms with van der Waals surface area (Å²) in [5.74, 6) is 0.181. The number of allylic oxidation sites excluding steroid dienone is 2. The number of carbonyl (C=O) groups is 3. The summed E-state index contributed by atoms with van der Waals surface area (Å²) in [7, 11) is 0. The highest BCUT2D eigenvalue weighted by Gasteiger charge is 2.62. The van der Waals surface area contributed by atoms with Crippen LogP contribution in [0.15, 0.2) is 71.2 Å². The quantitative estimate of drug-likeness (QED) is 0.0945. The molecule has 348 valence electrons. The predicted octanol–water partition coefficient (Wildman–Crippen LogP) is 0.934. The van der Waals surface area contributed by atoms with Gasteiger partial charge in [0.2, 0.25) is 17.8 Å². The van der Waals surface area contributed by atoms with Gasteiger partial charge in [0.15, 0.2) is 6.29 Å². The van der Waals surface area contributed by atoms with E-state index < -0.39 is 60.2 Å². The zero-order valence-corrected chi connectivity index (χ0v) is 36.6. The van der Waals surface area contributed by atoms with Crippen LogP contribution in [0.3, 0.4) is 0 Å². The normalized spacial score (nSPS) is 41.0.